The first-order chi connectivity index (χ1) is 11.8. The van der Waals surface area contributed by atoms with Gasteiger partial charge in [0.05, 0.1) is 0 Å². The Kier molecular flexibility index (Phi) is 4.23. The number of carbonyl (C=O) groups excluding carboxylic acids is 1. The Labute approximate surface area is 138 Å². The molecule has 3 rings (SSSR count). The topological polar surface area (TPSA) is 101 Å². The number of amides is 1. The van der Waals surface area contributed by atoms with Gasteiger partial charge in [-0.1, -0.05) is 5.16 Å². The number of carboxylic acids is 1. The SMILES string of the molecule is O=C(O)[C@H]1CCCN1C(=O)c1cc(Cn2ccc(C(F)(F)F)n2)on1. The van der Waals surface area contributed by atoms with Crippen molar-refractivity contribution in [3.05, 3.63) is 35.5 Å². The normalized spacial score (nSPS) is 17.9. The number of halogens is 3. The van der Waals surface area contributed by atoms with Gasteiger partial charge in [-0.2, -0.15) is 18.3 Å². The fraction of sp³-hybridized carbons (Fsp3) is 0.429. The van der Waals surface area contributed by atoms with Crippen molar-refractivity contribution in [3.63, 3.8) is 0 Å². The molecular weight excluding hydrogens is 345 g/mol. The molecule has 2 aromatic rings. The molecule has 1 aliphatic rings. The van der Waals surface area contributed by atoms with Gasteiger partial charge in [0.2, 0.25) is 0 Å². The maximum atomic E-state index is 12.5. The molecule has 0 saturated carbocycles. The molecular formula is C14H13F3N4O4. The Morgan fingerprint density at radius 2 is 2.16 bits per heavy atom. The largest absolute Gasteiger partial charge is 0.480 e. The van der Waals surface area contributed by atoms with E-state index in [0.717, 1.165) is 16.9 Å². The standard InChI is InChI=1S/C14H13F3N4O4/c15-14(16,17)11-3-5-20(18-11)7-8-6-9(19-25-8)12(22)21-4-1-2-10(21)13(23)24/h3,5-6,10H,1-2,4,7H2,(H,23,24)/t10-/m1/s1. The predicted octanol–water partition coefficient (Wildman–Crippen LogP) is 1.63. The van der Waals surface area contributed by atoms with Gasteiger partial charge in [-0.25, -0.2) is 4.79 Å². The molecule has 1 atom stereocenters. The monoisotopic (exact) mass is 358 g/mol. The average molecular weight is 358 g/mol. The molecule has 0 bridgehead atoms. The van der Waals surface area contributed by atoms with Gasteiger partial charge in [0.1, 0.15) is 12.6 Å². The van der Waals surface area contributed by atoms with Gasteiger partial charge in [-0.15, -0.1) is 0 Å². The minimum absolute atomic E-state index is 0.0913. The van der Waals surface area contributed by atoms with Crippen molar-refractivity contribution >= 4 is 11.9 Å². The van der Waals surface area contributed by atoms with Crippen LogP contribution >= 0.6 is 0 Å². The first-order valence-electron chi connectivity index (χ1n) is 7.36. The summed E-state index contributed by atoms with van der Waals surface area (Å²) in [5, 5.41) is 16.1. The van der Waals surface area contributed by atoms with E-state index in [1.54, 1.807) is 0 Å². The highest BCUT2D eigenvalue weighted by molar-refractivity contribution is 5.95. The van der Waals surface area contributed by atoms with Crippen LogP contribution in [-0.4, -0.2) is 49.4 Å². The number of likely N-dealkylation sites (tertiary alicyclic amines) is 1. The molecule has 0 aliphatic carbocycles. The summed E-state index contributed by atoms with van der Waals surface area (Å²) >= 11 is 0. The van der Waals surface area contributed by atoms with E-state index in [1.165, 1.54) is 11.0 Å². The lowest BCUT2D eigenvalue weighted by Crippen LogP contribution is -2.40. The van der Waals surface area contributed by atoms with E-state index in [-0.39, 0.29) is 18.0 Å². The van der Waals surface area contributed by atoms with Crippen molar-refractivity contribution in [1.29, 1.82) is 0 Å². The summed E-state index contributed by atoms with van der Waals surface area (Å²) in [5.41, 5.74) is -1.13. The fourth-order valence-electron chi connectivity index (χ4n) is 2.66. The quantitative estimate of drug-likeness (QED) is 0.891. The Hall–Kier alpha value is -2.85. The van der Waals surface area contributed by atoms with E-state index < -0.39 is 29.8 Å². The number of nitrogens with zero attached hydrogens (tertiary/aromatic N) is 4. The molecule has 0 aromatic carbocycles. The van der Waals surface area contributed by atoms with Crippen LogP contribution in [0.25, 0.3) is 0 Å². The maximum absolute atomic E-state index is 12.5. The Balaban J connectivity index is 1.71. The van der Waals surface area contributed by atoms with Crippen molar-refractivity contribution in [3.8, 4) is 0 Å². The van der Waals surface area contributed by atoms with Gasteiger partial charge in [0.15, 0.2) is 17.1 Å². The van der Waals surface area contributed by atoms with Crippen LogP contribution in [0.3, 0.4) is 0 Å². The second-order valence-electron chi connectivity index (χ2n) is 5.57. The molecule has 25 heavy (non-hydrogen) atoms. The van der Waals surface area contributed by atoms with Gasteiger partial charge < -0.3 is 14.5 Å². The molecule has 1 amide bonds. The van der Waals surface area contributed by atoms with Crippen molar-refractivity contribution in [2.45, 2.75) is 31.6 Å². The molecule has 1 fully saturated rings. The number of hydrogen-bond acceptors (Lipinski definition) is 5. The van der Waals surface area contributed by atoms with E-state index in [0.29, 0.717) is 19.4 Å². The lowest BCUT2D eigenvalue weighted by Gasteiger charge is -2.19. The number of aliphatic carboxylic acids is 1. The highest BCUT2D eigenvalue weighted by Gasteiger charge is 2.36. The number of carbonyl (C=O) groups is 2. The third-order valence-electron chi connectivity index (χ3n) is 3.83. The predicted molar refractivity (Wildman–Crippen MR) is 74.5 cm³/mol. The zero-order chi connectivity index (χ0) is 18.2. The van der Waals surface area contributed by atoms with Crippen LogP contribution < -0.4 is 0 Å². The molecule has 1 N–H and O–H groups in total. The first-order valence-corrected chi connectivity index (χ1v) is 7.36. The van der Waals surface area contributed by atoms with Crippen molar-refractivity contribution in [1.82, 2.24) is 19.8 Å². The summed E-state index contributed by atoms with van der Waals surface area (Å²) < 4.78 is 43.5. The van der Waals surface area contributed by atoms with E-state index in [9.17, 15) is 22.8 Å². The minimum atomic E-state index is -4.55. The van der Waals surface area contributed by atoms with Crippen LogP contribution in [0.2, 0.25) is 0 Å². The van der Waals surface area contributed by atoms with Crippen LogP contribution in [-0.2, 0) is 17.5 Å². The van der Waals surface area contributed by atoms with Gasteiger partial charge in [0.25, 0.3) is 5.91 Å². The second kappa shape index (κ2) is 6.22. The molecule has 0 radical (unpaired) electrons. The second-order valence-corrected chi connectivity index (χ2v) is 5.57. The summed E-state index contributed by atoms with van der Waals surface area (Å²) in [6.45, 7) is 0.158. The number of carboxylic acid groups (broad SMARTS) is 1. The van der Waals surface area contributed by atoms with Gasteiger partial charge in [0, 0.05) is 18.8 Å². The van der Waals surface area contributed by atoms with E-state index >= 15 is 0 Å². The van der Waals surface area contributed by atoms with Crippen molar-refractivity contribution < 1.29 is 32.4 Å². The van der Waals surface area contributed by atoms with Crippen LogP contribution in [0.5, 0.6) is 0 Å². The van der Waals surface area contributed by atoms with Gasteiger partial charge in [-0.3, -0.25) is 9.48 Å². The highest BCUT2D eigenvalue weighted by Crippen LogP contribution is 2.27. The van der Waals surface area contributed by atoms with Crippen LogP contribution in [0, 0.1) is 0 Å². The lowest BCUT2D eigenvalue weighted by atomic mass is 10.2. The summed E-state index contributed by atoms with van der Waals surface area (Å²) in [6.07, 6.45) is -2.48. The molecule has 134 valence electrons. The molecule has 11 heteroatoms. The number of aromatic nitrogens is 3. The number of rotatable bonds is 4. The number of hydrogen-bond donors (Lipinski definition) is 1. The van der Waals surface area contributed by atoms with Crippen molar-refractivity contribution in [2.24, 2.45) is 0 Å². The van der Waals surface area contributed by atoms with Crippen LogP contribution in [0.4, 0.5) is 13.2 Å². The summed E-state index contributed by atoms with van der Waals surface area (Å²) in [7, 11) is 0. The summed E-state index contributed by atoms with van der Waals surface area (Å²) in [5.74, 6) is -1.55. The van der Waals surface area contributed by atoms with Crippen molar-refractivity contribution in [2.75, 3.05) is 6.54 Å². The van der Waals surface area contributed by atoms with Crippen LogP contribution in [0.15, 0.2) is 22.9 Å². The number of alkyl halides is 3. The highest BCUT2D eigenvalue weighted by atomic mass is 19.4. The maximum Gasteiger partial charge on any atom is 0.435 e. The molecule has 3 heterocycles. The van der Waals surface area contributed by atoms with E-state index in [2.05, 4.69) is 10.3 Å². The zero-order valence-corrected chi connectivity index (χ0v) is 12.7. The Morgan fingerprint density at radius 3 is 2.80 bits per heavy atom. The van der Waals surface area contributed by atoms with Gasteiger partial charge in [-0.05, 0) is 18.9 Å². The summed E-state index contributed by atoms with van der Waals surface area (Å²) in [6, 6.07) is 1.19. The zero-order valence-electron chi connectivity index (χ0n) is 12.7. The Bertz CT molecular complexity index is 798. The third-order valence-corrected chi connectivity index (χ3v) is 3.83. The molecule has 0 unspecified atom stereocenters. The minimum Gasteiger partial charge on any atom is -0.480 e. The third kappa shape index (κ3) is 3.49. The van der Waals surface area contributed by atoms with E-state index in [1.807, 2.05) is 0 Å². The Morgan fingerprint density at radius 1 is 1.40 bits per heavy atom. The van der Waals surface area contributed by atoms with Gasteiger partial charge >= 0.3 is 12.1 Å². The fourth-order valence-corrected chi connectivity index (χ4v) is 2.66. The summed E-state index contributed by atoms with van der Waals surface area (Å²) in [4.78, 5) is 24.7. The lowest BCUT2D eigenvalue weighted by molar-refractivity contribution is -0.142. The molecule has 1 aliphatic heterocycles. The molecule has 0 spiro atoms. The molecule has 2 aromatic heterocycles. The molecule has 8 nitrogen and oxygen atoms in total. The van der Waals surface area contributed by atoms with E-state index in [4.69, 9.17) is 9.63 Å². The van der Waals surface area contributed by atoms with Crippen LogP contribution in [0.1, 0.15) is 34.8 Å². The smallest absolute Gasteiger partial charge is 0.435 e. The average Bonchev–Trinajstić information content (AvgIpc) is 3.26. The first kappa shape index (κ1) is 17.0. The molecule has 1 saturated heterocycles.